The van der Waals surface area contributed by atoms with Crippen molar-refractivity contribution in [2.45, 2.75) is 57.5 Å². The number of likely N-dealkylation sites (tertiary alicyclic amines) is 1. The molecule has 1 aliphatic heterocycles. The lowest BCUT2D eigenvalue weighted by Gasteiger charge is -2.40. The van der Waals surface area contributed by atoms with Crippen LogP contribution in [0.25, 0.3) is 10.2 Å². The molecule has 198 valence electrons. The number of halogens is 3. The maximum Gasteiger partial charge on any atom is 0.274 e. The number of carbonyl (C=O) groups is 2. The average Bonchev–Trinajstić information content (AvgIpc) is 3.28. The Morgan fingerprint density at radius 2 is 2.00 bits per heavy atom. The van der Waals surface area contributed by atoms with E-state index in [4.69, 9.17) is 0 Å². The van der Waals surface area contributed by atoms with Gasteiger partial charge in [0.1, 0.15) is 5.83 Å². The Morgan fingerprint density at radius 3 is 2.68 bits per heavy atom. The van der Waals surface area contributed by atoms with E-state index in [1.807, 2.05) is 12.3 Å². The van der Waals surface area contributed by atoms with Crippen LogP contribution in [-0.4, -0.2) is 64.5 Å². The molecule has 12 heteroatoms. The van der Waals surface area contributed by atoms with Crippen LogP contribution in [0.15, 0.2) is 40.1 Å². The number of thiophene rings is 1. The molecule has 0 aromatic carbocycles. The summed E-state index contributed by atoms with van der Waals surface area (Å²) in [7, 11) is 0. The normalized spacial score (nSPS) is 19.9. The third-order valence-corrected chi connectivity index (χ3v) is 7.63. The molecule has 4 rings (SSSR count). The van der Waals surface area contributed by atoms with Gasteiger partial charge in [0.15, 0.2) is 5.69 Å². The second-order valence-corrected chi connectivity index (χ2v) is 10.4. The molecule has 1 aliphatic carbocycles. The minimum absolute atomic E-state index is 0.169. The largest absolute Gasteiger partial charge is 0.350 e. The predicted molar refractivity (Wildman–Crippen MR) is 138 cm³/mol. The maximum absolute atomic E-state index is 13.8. The molecular formula is C25H29F3N6O2S. The Labute approximate surface area is 216 Å². The first-order valence-electron chi connectivity index (χ1n) is 12.1. The van der Waals surface area contributed by atoms with Crippen molar-refractivity contribution >= 4 is 46.0 Å². The molecule has 2 fully saturated rings. The quantitative estimate of drug-likeness (QED) is 0.377. The number of anilines is 1. The molecule has 2 aromatic heterocycles. The molecule has 1 saturated heterocycles. The Morgan fingerprint density at radius 1 is 1.30 bits per heavy atom. The second-order valence-electron chi connectivity index (χ2n) is 9.53. The Kier molecular flexibility index (Phi) is 7.96. The Hall–Kier alpha value is -3.28. The lowest BCUT2D eigenvalue weighted by molar-refractivity contribution is -0.130. The standard InChI is InChI=1S/C25H29F3N6O2S/c1-14(10-17(26)11-29-3)15(2)30-24-32-19-6-9-37-21(19)20(33-24)23(36)34-12-18(13-34)31-22(35)16-4-7-25(27,28)8-5-16/h6,9-11,15-16,18H,3-5,7-8,12-13H2,1-2H3,(H,31,35)(H,30,32,33)/b14-10+,17-11+/t15-/m0/s1. The topological polar surface area (TPSA) is 99.6 Å². The number of amides is 2. The van der Waals surface area contributed by atoms with Gasteiger partial charge in [-0.15, -0.1) is 11.3 Å². The first kappa shape index (κ1) is 26.8. The molecular weight excluding hydrogens is 505 g/mol. The highest BCUT2D eigenvalue weighted by Gasteiger charge is 2.39. The van der Waals surface area contributed by atoms with E-state index in [-0.39, 0.29) is 61.2 Å². The zero-order chi connectivity index (χ0) is 26.7. The number of carbonyl (C=O) groups excluding carboxylic acids is 2. The van der Waals surface area contributed by atoms with Crippen LogP contribution in [0.1, 0.15) is 50.0 Å². The van der Waals surface area contributed by atoms with E-state index in [9.17, 15) is 22.8 Å². The van der Waals surface area contributed by atoms with Crippen molar-refractivity contribution < 1.29 is 22.8 Å². The van der Waals surface area contributed by atoms with Gasteiger partial charge in [-0.05, 0) is 56.5 Å². The SMILES string of the molecule is C=N/C=C(F)\C=C(/C)[C@H](C)Nc1nc(C(=O)N2CC(NC(=O)C3CCC(F)(F)CC3)C2)c2sccc2n1. The molecule has 0 spiro atoms. The second kappa shape index (κ2) is 11.0. The maximum atomic E-state index is 13.8. The van der Waals surface area contributed by atoms with Crippen molar-refractivity contribution in [3.63, 3.8) is 0 Å². The van der Waals surface area contributed by atoms with Gasteiger partial charge >= 0.3 is 0 Å². The Bertz CT molecular complexity index is 1240. The van der Waals surface area contributed by atoms with Crippen LogP contribution in [0.5, 0.6) is 0 Å². The number of allylic oxidation sites excluding steroid dienone is 2. The summed E-state index contributed by atoms with van der Waals surface area (Å²) in [5, 5.41) is 7.82. The highest BCUT2D eigenvalue weighted by atomic mass is 32.1. The highest BCUT2D eigenvalue weighted by Crippen LogP contribution is 2.36. The van der Waals surface area contributed by atoms with Gasteiger partial charge in [0.25, 0.3) is 5.91 Å². The van der Waals surface area contributed by atoms with Gasteiger partial charge in [0.2, 0.25) is 17.8 Å². The minimum atomic E-state index is -2.68. The van der Waals surface area contributed by atoms with Crippen LogP contribution in [0.4, 0.5) is 19.1 Å². The zero-order valence-electron chi connectivity index (χ0n) is 20.6. The van der Waals surface area contributed by atoms with Gasteiger partial charge in [-0.2, -0.15) is 0 Å². The van der Waals surface area contributed by atoms with Crippen LogP contribution in [0.2, 0.25) is 0 Å². The molecule has 8 nitrogen and oxygen atoms in total. The number of hydrogen-bond donors (Lipinski definition) is 2. The smallest absolute Gasteiger partial charge is 0.274 e. The monoisotopic (exact) mass is 534 g/mol. The van der Waals surface area contributed by atoms with Gasteiger partial charge in [0.05, 0.1) is 22.5 Å². The molecule has 2 aliphatic rings. The van der Waals surface area contributed by atoms with Crippen LogP contribution in [-0.2, 0) is 4.79 Å². The van der Waals surface area contributed by atoms with Gasteiger partial charge < -0.3 is 15.5 Å². The number of hydrogen-bond acceptors (Lipinski definition) is 7. The molecule has 2 amide bonds. The lowest BCUT2D eigenvalue weighted by Crippen LogP contribution is -2.61. The van der Waals surface area contributed by atoms with E-state index in [1.165, 1.54) is 17.4 Å². The summed E-state index contributed by atoms with van der Waals surface area (Å²) in [5.41, 5.74) is 1.53. The van der Waals surface area contributed by atoms with Gasteiger partial charge in [-0.3, -0.25) is 14.6 Å². The third-order valence-electron chi connectivity index (χ3n) is 6.72. The van der Waals surface area contributed by atoms with Crippen molar-refractivity contribution in [3.05, 3.63) is 40.8 Å². The zero-order valence-corrected chi connectivity index (χ0v) is 21.5. The van der Waals surface area contributed by atoms with Gasteiger partial charge in [0, 0.05) is 37.9 Å². The van der Waals surface area contributed by atoms with Gasteiger partial charge in [-0.1, -0.05) is 0 Å². The van der Waals surface area contributed by atoms with Crippen LogP contribution >= 0.6 is 11.3 Å². The van der Waals surface area contributed by atoms with Crippen LogP contribution in [0.3, 0.4) is 0 Å². The first-order valence-corrected chi connectivity index (χ1v) is 12.9. The number of aromatic nitrogens is 2. The minimum Gasteiger partial charge on any atom is -0.350 e. The van der Waals surface area contributed by atoms with Gasteiger partial charge in [-0.25, -0.2) is 23.1 Å². The molecule has 3 heterocycles. The van der Waals surface area contributed by atoms with Crippen molar-refractivity contribution in [3.8, 4) is 0 Å². The van der Waals surface area contributed by atoms with Crippen molar-refractivity contribution in [1.29, 1.82) is 0 Å². The van der Waals surface area contributed by atoms with Crippen molar-refractivity contribution in [2.75, 3.05) is 18.4 Å². The number of nitrogens with zero attached hydrogens (tertiary/aromatic N) is 4. The van der Waals surface area contributed by atoms with Crippen LogP contribution < -0.4 is 10.6 Å². The summed E-state index contributed by atoms with van der Waals surface area (Å²) in [6.45, 7) is 7.42. The van der Waals surface area contributed by atoms with E-state index in [0.29, 0.717) is 28.9 Å². The summed E-state index contributed by atoms with van der Waals surface area (Å²) < 4.78 is 41.1. The fraction of sp³-hybridized carbons (Fsp3) is 0.480. The number of nitrogens with one attached hydrogen (secondary N) is 2. The Balaban J connectivity index is 1.39. The molecule has 2 aromatic rings. The number of alkyl halides is 2. The molecule has 1 atom stereocenters. The van der Waals surface area contributed by atoms with E-state index < -0.39 is 17.7 Å². The summed E-state index contributed by atoms with van der Waals surface area (Å²) in [4.78, 5) is 39.7. The van der Waals surface area contributed by atoms with E-state index in [1.54, 1.807) is 17.9 Å². The first-order chi connectivity index (χ1) is 17.6. The van der Waals surface area contributed by atoms with Crippen molar-refractivity contribution in [2.24, 2.45) is 10.9 Å². The molecule has 0 unspecified atom stereocenters. The summed E-state index contributed by atoms with van der Waals surface area (Å²) in [6.07, 6.45) is 2.14. The summed E-state index contributed by atoms with van der Waals surface area (Å²) in [6, 6.07) is 1.24. The van der Waals surface area contributed by atoms with Crippen molar-refractivity contribution in [1.82, 2.24) is 20.2 Å². The molecule has 0 radical (unpaired) electrons. The molecule has 2 N–H and O–H groups in total. The molecule has 1 saturated carbocycles. The fourth-order valence-electron chi connectivity index (χ4n) is 4.35. The average molecular weight is 535 g/mol. The fourth-order valence-corrected chi connectivity index (χ4v) is 5.17. The van der Waals surface area contributed by atoms with E-state index in [0.717, 1.165) is 6.20 Å². The number of aliphatic imine (C=N–C) groups is 1. The van der Waals surface area contributed by atoms with E-state index in [2.05, 4.69) is 32.3 Å². The molecule has 0 bridgehead atoms. The molecule has 37 heavy (non-hydrogen) atoms. The van der Waals surface area contributed by atoms with E-state index >= 15 is 0 Å². The lowest BCUT2D eigenvalue weighted by atomic mass is 9.86. The number of rotatable bonds is 8. The number of fused-ring (bicyclic) bond motifs is 1. The highest BCUT2D eigenvalue weighted by molar-refractivity contribution is 7.17. The summed E-state index contributed by atoms with van der Waals surface area (Å²) >= 11 is 1.36. The summed E-state index contributed by atoms with van der Waals surface area (Å²) in [5.74, 6) is -3.91. The van der Waals surface area contributed by atoms with Crippen LogP contribution in [0, 0.1) is 5.92 Å². The predicted octanol–water partition coefficient (Wildman–Crippen LogP) is 4.72. The third kappa shape index (κ3) is 6.35.